The van der Waals surface area contributed by atoms with Crippen LogP contribution in [0.2, 0.25) is 0 Å². The number of nitrogens with zero attached hydrogens (tertiary/aromatic N) is 4. The van der Waals surface area contributed by atoms with Crippen molar-refractivity contribution in [3.05, 3.63) is 54.6 Å². The topological polar surface area (TPSA) is 121 Å². The lowest BCUT2D eigenvalue weighted by atomic mass is 10.0. The van der Waals surface area contributed by atoms with Crippen molar-refractivity contribution in [2.24, 2.45) is 5.92 Å². The molecule has 1 aliphatic rings. The van der Waals surface area contributed by atoms with E-state index in [9.17, 15) is 14.7 Å². The molecule has 0 aliphatic carbocycles. The van der Waals surface area contributed by atoms with Crippen LogP contribution in [0.25, 0.3) is 22.1 Å². The number of hydrogen-bond acceptors (Lipinski definition) is 7. The van der Waals surface area contributed by atoms with E-state index in [0.29, 0.717) is 47.0 Å². The van der Waals surface area contributed by atoms with Gasteiger partial charge in [0.1, 0.15) is 23.0 Å². The first-order chi connectivity index (χ1) is 15.5. The number of aryl methyl sites for hydroxylation is 1. The molecule has 0 radical (unpaired) electrons. The number of aromatic nitrogens is 3. The van der Waals surface area contributed by atoms with Crippen molar-refractivity contribution in [1.29, 1.82) is 0 Å². The molecule has 162 valence electrons. The molecule has 3 aromatic heterocycles. The van der Waals surface area contributed by atoms with Crippen molar-refractivity contribution in [1.82, 2.24) is 15.0 Å². The molecule has 1 aromatic carbocycles. The Bertz CT molecular complexity index is 1320. The van der Waals surface area contributed by atoms with Gasteiger partial charge in [-0.1, -0.05) is 12.1 Å². The molecule has 1 amide bonds. The van der Waals surface area contributed by atoms with E-state index in [1.165, 1.54) is 0 Å². The molecule has 2 N–H and O–H groups in total. The van der Waals surface area contributed by atoms with Crippen LogP contribution in [0.5, 0.6) is 0 Å². The van der Waals surface area contributed by atoms with Gasteiger partial charge in [-0.3, -0.25) is 9.78 Å². The molecule has 1 fully saturated rings. The summed E-state index contributed by atoms with van der Waals surface area (Å²) in [5, 5.41) is 13.6. The van der Waals surface area contributed by atoms with E-state index < -0.39 is 12.0 Å². The van der Waals surface area contributed by atoms with Gasteiger partial charge in [0.15, 0.2) is 11.4 Å². The van der Waals surface area contributed by atoms with Gasteiger partial charge in [0.2, 0.25) is 5.91 Å². The van der Waals surface area contributed by atoms with Crippen LogP contribution in [-0.2, 0) is 9.59 Å². The molecule has 5 rings (SSSR count). The van der Waals surface area contributed by atoms with Gasteiger partial charge in [-0.2, -0.15) is 0 Å². The zero-order chi connectivity index (χ0) is 22.2. The average molecular weight is 431 g/mol. The van der Waals surface area contributed by atoms with E-state index in [0.717, 1.165) is 5.39 Å². The highest BCUT2D eigenvalue weighted by Gasteiger charge is 2.40. The zero-order valence-electron chi connectivity index (χ0n) is 17.4. The van der Waals surface area contributed by atoms with Crippen molar-refractivity contribution in [3.63, 3.8) is 0 Å². The predicted molar refractivity (Wildman–Crippen MR) is 118 cm³/mol. The average Bonchev–Trinajstić information content (AvgIpc) is 3.35. The second-order valence-electron chi connectivity index (χ2n) is 7.97. The summed E-state index contributed by atoms with van der Waals surface area (Å²) < 4.78 is 6.03. The maximum absolute atomic E-state index is 12.5. The molecule has 4 heterocycles. The monoisotopic (exact) mass is 431 g/mol. The minimum absolute atomic E-state index is 0.146. The number of carboxylic acids is 1. The lowest BCUT2D eigenvalue weighted by Crippen LogP contribution is -2.36. The Labute approximate surface area is 183 Å². The molecule has 1 saturated heterocycles. The highest BCUT2D eigenvalue weighted by molar-refractivity contribution is 6.06. The fraction of sp³-hybridized carbons (Fsp3) is 0.261. The Morgan fingerprint density at radius 2 is 1.97 bits per heavy atom. The Morgan fingerprint density at radius 3 is 2.75 bits per heavy atom. The number of nitrogens with one attached hydrogen (secondary N) is 1. The molecular formula is C23H21N5O4. The highest BCUT2D eigenvalue weighted by atomic mass is 16.4. The molecule has 0 saturated carbocycles. The van der Waals surface area contributed by atoms with Crippen LogP contribution in [0.1, 0.15) is 18.7 Å². The van der Waals surface area contributed by atoms with Crippen LogP contribution < -0.4 is 10.2 Å². The van der Waals surface area contributed by atoms with Crippen LogP contribution in [0.4, 0.5) is 11.5 Å². The van der Waals surface area contributed by atoms with Gasteiger partial charge in [0.25, 0.3) is 0 Å². The van der Waals surface area contributed by atoms with Crippen LogP contribution in [0, 0.1) is 12.8 Å². The van der Waals surface area contributed by atoms with Crippen molar-refractivity contribution in [2.45, 2.75) is 25.8 Å². The number of hydrogen-bond donors (Lipinski definition) is 2. The van der Waals surface area contributed by atoms with Gasteiger partial charge in [-0.25, -0.2) is 14.8 Å². The second-order valence-corrected chi connectivity index (χ2v) is 7.97. The number of carbonyl (C=O) groups excluding carboxylic acids is 1. The molecule has 9 heteroatoms. The van der Waals surface area contributed by atoms with E-state index in [-0.39, 0.29) is 18.2 Å². The fourth-order valence-electron chi connectivity index (χ4n) is 4.33. The molecule has 2 atom stereocenters. The Hall–Kier alpha value is -4.01. The second kappa shape index (κ2) is 7.92. The Balaban J connectivity index is 1.45. The van der Waals surface area contributed by atoms with Crippen molar-refractivity contribution < 1.29 is 19.1 Å². The maximum atomic E-state index is 12.5. The highest BCUT2D eigenvalue weighted by Crippen LogP contribution is 2.37. The quantitative estimate of drug-likeness (QED) is 0.493. The summed E-state index contributed by atoms with van der Waals surface area (Å²) in [5.41, 5.74) is 2.45. The SMILES string of the molecule is Cc1nc(N2CC(CC(=O)Nc3ccncc3)CC2C(=O)O)c2oc3ccccc3c2n1. The van der Waals surface area contributed by atoms with Crippen LogP contribution in [-0.4, -0.2) is 44.5 Å². The lowest BCUT2D eigenvalue weighted by Gasteiger charge is -2.22. The summed E-state index contributed by atoms with van der Waals surface area (Å²) in [7, 11) is 0. The number of fused-ring (bicyclic) bond motifs is 3. The van der Waals surface area contributed by atoms with Crippen LogP contribution in [0.15, 0.2) is 53.2 Å². The first kappa shape index (κ1) is 19.9. The number of pyridine rings is 1. The summed E-state index contributed by atoms with van der Waals surface area (Å²) in [6.07, 6.45) is 3.74. The summed E-state index contributed by atoms with van der Waals surface area (Å²) in [6.45, 7) is 2.15. The number of rotatable bonds is 5. The third-order valence-electron chi connectivity index (χ3n) is 5.70. The normalized spacial score (nSPS) is 18.3. The van der Waals surface area contributed by atoms with Crippen molar-refractivity contribution in [2.75, 3.05) is 16.8 Å². The van der Waals surface area contributed by atoms with E-state index in [4.69, 9.17) is 4.42 Å². The Morgan fingerprint density at radius 1 is 1.19 bits per heavy atom. The van der Waals surface area contributed by atoms with Gasteiger partial charge >= 0.3 is 5.97 Å². The Kier molecular flexibility index (Phi) is 4.93. The number of benzene rings is 1. The minimum atomic E-state index is -0.956. The third-order valence-corrected chi connectivity index (χ3v) is 5.70. The smallest absolute Gasteiger partial charge is 0.326 e. The molecule has 32 heavy (non-hydrogen) atoms. The number of carbonyl (C=O) groups is 2. The molecule has 9 nitrogen and oxygen atoms in total. The largest absolute Gasteiger partial charge is 0.480 e. The van der Waals surface area contributed by atoms with Gasteiger partial charge in [0, 0.05) is 36.4 Å². The third kappa shape index (κ3) is 3.62. The number of para-hydroxylation sites is 1. The van der Waals surface area contributed by atoms with Gasteiger partial charge in [0.05, 0.1) is 0 Å². The lowest BCUT2D eigenvalue weighted by molar-refractivity contribution is -0.138. The van der Waals surface area contributed by atoms with Crippen LogP contribution in [0.3, 0.4) is 0 Å². The van der Waals surface area contributed by atoms with Gasteiger partial charge in [-0.15, -0.1) is 0 Å². The minimum Gasteiger partial charge on any atom is -0.480 e. The molecule has 2 unspecified atom stereocenters. The number of anilines is 2. The van der Waals surface area contributed by atoms with E-state index >= 15 is 0 Å². The maximum Gasteiger partial charge on any atom is 0.326 e. The van der Waals surface area contributed by atoms with Gasteiger partial charge < -0.3 is 19.7 Å². The predicted octanol–water partition coefficient (Wildman–Crippen LogP) is 3.39. The first-order valence-corrected chi connectivity index (χ1v) is 10.3. The first-order valence-electron chi connectivity index (χ1n) is 10.3. The van der Waals surface area contributed by atoms with E-state index in [1.807, 2.05) is 24.3 Å². The number of aliphatic carboxylic acids is 1. The molecular weight excluding hydrogens is 410 g/mol. The molecule has 0 bridgehead atoms. The fourth-order valence-corrected chi connectivity index (χ4v) is 4.33. The van der Waals surface area contributed by atoms with Crippen molar-refractivity contribution >= 4 is 45.5 Å². The summed E-state index contributed by atoms with van der Waals surface area (Å²) in [5.74, 6) is -0.287. The number of amides is 1. The van der Waals surface area contributed by atoms with Gasteiger partial charge in [-0.05, 0) is 43.5 Å². The zero-order valence-corrected chi connectivity index (χ0v) is 17.4. The van der Waals surface area contributed by atoms with Crippen LogP contribution >= 0.6 is 0 Å². The summed E-state index contributed by atoms with van der Waals surface area (Å²) in [6, 6.07) is 10.2. The van der Waals surface area contributed by atoms with E-state index in [1.54, 1.807) is 36.4 Å². The molecule has 0 spiro atoms. The number of carboxylic acid groups (broad SMARTS) is 1. The molecule has 1 aliphatic heterocycles. The van der Waals surface area contributed by atoms with Crippen molar-refractivity contribution in [3.8, 4) is 0 Å². The number of furan rings is 1. The standard InChI is InChI=1S/C23H21N5O4/c1-13-25-20-16-4-2-3-5-18(16)32-21(20)22(26-13)28-12-14(10-17(28)23(30)31)11-19(29)27-15-6-8-24-9-7-15/h2-9,14,17H,10-12H2,1H3,(H,30,31)(H,24,27,29). The molecule has 4 aromatic rings. The summed E-state index contributed by atoms with van der Waals surface area (Å²) in [4.78, 5) is 39.3. The van der Waals surface area contributed by atoms with E-state index in [2.05, 4.69) is 20.3 Å². The summed E-state index contributed by atoms with van der Waals surface area (Å²) >= 11 is 0.